The fourth-order valence-electron chi connectivity index (χ4n) is 1.93. The molecule has 1 aromatic carbocycles. The Labute approximate surface area is 102 Å². The van der Waals surface area contributed by atoms with E-state index in [1.54, 1.807) is 0 Å². The van der Waals surface area contributed by atoms with Crippen molar-refractivity contribution in [1.29, 1.82) is 0 Å². The quantitative estimate of drug-likeness (QED) is 0.622. The maximum absolute atomic E-state index is 3.38. The highest BCUT2D eigenvalue weighted by Gasteiger charge is 2.08. The van der Waals surface area contributed by atoms with E-state index in [2.05, 4.69) is 40.5 Å². The topological polar surface area (TPSA) is 15.3 Å². The van der Waals surface area contributed by atoms with Gasteiger partial charge in [0, 0.05) is 31.1 Å². The van der Waals surface area contributed by atoms with E-state index in [-0.39, 0.29) is 0 Å². The van der Waals surface area contributed by atoms with Crippen molar-refractivity contribution in [2.24, 2.45) is 0 Å². The minimum atomic E-state index is 1.16. The fraction of sp³-hybridized carbons (Fsp3) is 0.538. The van der Waals surface area contributed by atoms with Crippen LogP contribution in [0.3, 0.4) is 0 Å². The molecule has 2 nitrogen and oxygen atoms in total. The van der Waals surface area contributed by atoms with E-state index in [9.17, 15) is 0 Å². The van der Waals surface area contributed by atoms with Gasteiger partial charge in [-0.25, -0.2) is 0 Å². The smallest absolute Gasteiger partial charge is 0.0107 e. The normalized spacial score (nSPS) is 17.5. The standard InChI is InChI=1S/C13H20N2S/c1-2-5-13(6-3-1)16-12-4-9-15-10-7-14-8-11-15/h1-3,5-6,14H,4,7-12H2. The molecular weight excluding hydrogens is 216 g/mol. The maximum Gasteiger partial charge on any atom is 0.0107 e. The minimum absolute atomic E-state index is 1.16. The number of benzene rings is 1. The Bertz CT molecular complexity index is 283. The molecule has 0 amide bonds. The molecule has 0 unspecified atom stereocenters. The van der Waals surface area contributed by atoms with E-state index in [1.807, 2.05) is 11.8 Å². The van der Waals surface area contributed by atoms with Gasteiger partial charge in [0.05, 0.1) is 0 Å². The summed E-state index contributed by atoms with van der Waals surface area (Å²) in [6, 6.07) is 10.7. The van der Waals surface area contributed by atoms with E-state index >= 15 is 0 Å². The van der Waals surface area contributed by atoms with Crippen LogP contribution in [0.5, 0.6) is 0 Å². The van der Waals surface area contributed by atoms with Gasteiger partial charge in [0.15, 0.2) is 0 Å². The molecule has 0 saturated carbocycles. The first-order valence-corrected chi connectivity index (χ1v) is 7.04. The van der Waals surface area contributed by atoms with Crippen LogP contribution in [-0.4, -0.2) is 43.4 Å². The highest BCUT2D eigenvalue weighted by atomic mass is 32.2. The summed E-state index contributed by atoms with van der Waals surface area (Å²) >= 11 is 1.97. The van der Waals surface area contributed by atoms with Crippen LogP contribution < -0.4 is 5.32 Å². The zero-order valence-corrected chi connectivity index (χ0v) is 10.5. The lowest BCUT2D eigenvalue weighted by Crippen LogP contribution is -2.43. The van der Waals surface area contributed by atoms with Crippen molar-refractivity contribution < 1.29 is 0 Å². The van der Waals surface area contributed by atoms with E-state index in [1.165, 1.54) is 36.7 Å². The molecule has 2 rings (SSSR count). The molecule has 1 N–H and O–H groups in total. The average molecular weight is 236 g/mol. The zero-order valence-electron chi connectivity index (χ0n) is 9.69. The monoisotopic (exact) mass is 236 g/mol. The van der Waals surface area contributed by atoms with Crippen LogP contribution >= 0.6 is 11.8 Å². The van der Waals surface area contributed by atoms with Gasteiger partial charge >= 0.3 is 0 Å². The molecule has 0 spiro atoms. The summed E-state index contributed by atoms with van der Waals surface area (Å²) in [6.07, 6.45) is 1.29. The molecule has 0 aromatic heterocycles. The molecule has 0 bridgehead atoms. The molecule has 88 valence electrons. The van der Waals surface area contributed by atoms with Crippen molar-refractivity contribution in [3.63, 3.8) is 0 Å². The lowest BCUT2D eigenvalue weighted by molar-refractivity contribution is 0.242. The van der Waals surface area contributed by atoms with Gasteiger partial charge in [-0.2, -0.15) is 0 Å². The number of nitrogens with one attached hydrogen (secondary N) is 1. The minimum Gasteiger partial charge on any atom is -0.314 e. The summed E-state index contributed by atoms with van der Waals surface area (Å²) in [6.45, 7) is 6.01. The van der Waals surface area contributed by atoms with Gasteiger partial charge in [0.25, 0.3) is 0 Å². The van der Waals surface area contributed by atoms with Crippen molar-refractivity contribution in [3.05, 3.63) is 30.3 Å². The van der Waals surface area contributed by atoms with Crippen LogP contribution in [0.15, 0.2) is 35.2 Å². The average Bonchev–Trinajstić information content (AvgIpc) is 2.37. The van der Waals surface area contributed by atoms with Crippen LogP contribution in [0.25, 0.3) is 0 Å². The first-order valence-electron chi connectivity index (χ1n) is 6.06. The largest absolute Gasteiger partial charge is 0.314 e. The van der Waals surface area contributed by atoms with E-state index in [0.717, 1.165) is 13.1 Å². The Morgan fingerprint density at radius 3 is 2.62 bits per heavy atom. The summed E-state index contributed by atoms with van der Waals surface area (Å²) in [5.41, 5.74) is 0. The van der Waals surface area contributed by atoms with E-state index in [4.69, 9.17) is 0 Å². The Balaban J connectivity index is 1.58. The first kappa shape index (κ1) is 12.0. The van der Waals surface area contributed by atoms with Crippen molar-refractivity contribution in [2.75, 3.05) is 38.5 Å². The molecule has 1 aliphatic heterocycles. The fourth-order valence-corrected chi connectivity index (χ4v) is 2.79. The third-order valence-corrected chi connectivity index (χ3v) is 3.94. The zero-order chi connectivity index (χ0) is 11.1. The molecule has 0 radical (unpaired) electrons. The van der Waals surface area contributed by atoms with Gasteiger partial charge < -0.3 is 10.2 Å². The molecule has 16 heavy (non-hydrogen) atoms. The number of hydrogen-bond donors (Lipinski definition) is 1. The van der Waals surface area contributed by atoms with Gasteiger partial charge in [0.2, 0.25) is 0 Å². The van der Waals surface area contributed by atoms with Crippen molar-refractivity contribution in [3.8, 4) is 0 Å². The van der Waals surface area contributed by atoms with Gasteiger partial charge in [0.1, 0.15) is 0 Å². The van der Waals surface area contributed by atoms with Crippen molar-refractivity contribution >= 4 is 11.8 Å². The van der Waals surface area contributed by atoms with Crippen molar-refractivity contribution in [2.45, 2.75) is 11.3 Å². The SMILES string of the molecule is c1ccc(SCCCN2CCNCC2)cc1. The van der Waals surface area contributed by atoms with Crippen LogP contribution in [0.2, 0.25) is 0 Å². The molecule has 1 aromatic rings. The van der Waals surface area contributed by atoms with Crippen LogP contribution in [-0.2, 0) is 0 Å². The number of thioether (sulfide) groups is 1. The van der Waals surface area contributed by atoms with Crippen LogP contribution in [0.4, 0.5) is 0 Å². The summed E-state index contributed by atoms with van der Waals surface area (Å²) in [4.78, 5) is 3.95. The number of hydrogen-bond acceptors (Lipinski definition) is 3. The summed E-state index contributed by atoms with van der Waals surface area (Å²) in [5.74, 6) is 1.23. The highest BCUT2D eigenvalue weighted by molar-refractivity contribution is 7.99. The van der Waals surface area contributed by atoms with E-state index in [0.29, 0.717) is 0 Å². The molecule has 0 aliphatic carbocycles. The molecule has 1 aliphatic rings. The molecular formula is C13H20N2S. The summed E-state index contributed by atoms with van der Waals surface area (Å²) in [5, 5.41) is 3.38. The first-order chi connectivity index (χ1) is 7.95. The third-order valence-electron chi connectivity index (χ3n) is 2.84. The Morgan fingerprint density at radius 1 is 1.12 bits per heavy atom. The third kappa shape index (κ3) is 4.16. The second-order valence-electron chi connectivity index (χ2n) is 4.11. The molecule has 1 heterocycles. The molecule has 1 fully saturated rings. The van der Waals surface area contributed by atoms with Gasteiger partial charge in [-0.05, 0) is 30.9 Å². The predicted octanol–water partition coefficient (Wildman–Crippen LogP) is 2.07. The lowest BCUT2D eigenvalue weighted by atomic mass is 10.3. The second-order valence-corrected chi connectivity index (χ2v) is 5.28. The lowest BCUT2D eigenvalue weighted by Gasteiger charge is -2.26. The van der Waals surface area contributed by atoms with Gasteiger partial charge in [-0.3, -0.25) is 0 Å². The van der Waals surface area contributed by atoms with Gasteiger partial charge in [-0.15, -0.1) is 11.8 Å². The number of nitrogens with zero attached hydrogens (tertiary/aromatic N) is 1. The number of piperazine rings is 1. The van der Waals surface area contributed by atoms with Crippen LogP contribution in [0, 0.1) is 0 Å². The van der Waals surface area contributed by atoms with Crippen LogP contribution in [0.1, 0.15) is 6.42 Å². The predicted molar refractivity (Wildman–Crippen MR) is 71.1 cm³/mol. The highest BCUT2D eigenvalue weighted by Crippen LogP contribution is 2.17. The Morgan fingerprint density at radius 2 is 1.88 bits per heavy atom. The van der Waals surface area contributed by atoms with E-state index < -0.39 is 0 Å². The molecule has 0 atom stereocenters. The van der Waals surface area contributed by atoms with Gasteiger partial charge in [-0.1, -0.05) is 18.2 Å². The molecule has 1 saturated heterocycles. The Kier molecular flexibility index (Phi) is 5.19. The molecule has 3 heteroatoms. The maximum atomic E-state index is 3.38. The Hall–Kier alpha value is -0.510. The summed E-state index contributed by atoms with van der Waals surface area (Å²) < 4.78 is 0. The second kappa shape index (κ2) is 6.94. The van der Waals surface area contributed by atoms with Crippen molar-refractivity contribution in [1.82, 2.24) is 10.2 Å². The summed E-state index contributed by atoms with van der Waals surface area (Å²) in [7, 11) is 0. The number of rotatable bonds is 5.